The second kappa shape index (κ2) is 4.78. The van der Waals surface area contributed by atoms with E-state index in [-0.39, 0.29) is 22.2 Å². The van der Waals surface area contributed by atoms with Crippen molar-refractivity contribution in [3.8, 4) is 0 Å². The standard InChI is InChI=1S/C14H10N4O3/c1-7(19)2-3-8-4-5-9-10(6-8)15-14(21)12-11(13(9)20)16-18-17-12/h2-6H,1H3,(H,15,21)(H,16,17,18)/b3-2+. The van der Waals surface area contributed by atoms with Crippen LogP contribution in [0.3, 0.4) is 0 Å². The van der Waals surface area contributed by atoms with Crippen molar-refractivity contribution in [2.45, 2.75) is 6.92 Å². The maximum atomic E-state index is 12.3. The van der Waals surface area contributed by atoms with E-state index in [0.717, 1.165) is 0 Å². The van der Waals surface area contributed by atoms with E-state index in [9.17, 15) is 14.4 Å². The normalized spacial score (nSPS) is 11.5. The third-order valence-corrected chi connectivity index (χ3v) is 3.03. The monoisotopic (exact) mass is 282 g/mol. The Morgan fingerprint density at radius 2 is 1.95 bits per heavy atom. The van der Waals surface area contributed by atoms with Crippen LogP contribution < -0.4 is 11.0 Å². The van der Waals surface area contributed by atoms with Crippen molar-refractivity contribution in [2.75, 3.05) is 0 Å². The Labute approximate surface area is 117 Å². The SMILES string of the molecule is CC(=O)/C=C/c1ccc2c(=O)c3n[nH]nc3c(=O)[nH]c2c1. The number of H-pyrrole nitrogens is 2. The molecule has 0 atom stereocenters. The number of fused-ring (bicyclic) bond motifs is 2. The average molecular weight is 282 g/mol. The summed E-state index contributed by atoms with van der Waals surface area (Å²) in [6.07, 6.45) is 3.02. The van der Waals surface area contributed by atoms with Gasteiger partial charge in [-0.1, -0.05) is 12.1 Å². The fourth-order valence-electron chi connectivity index (χ4n) is 2.04. The lowest BCUT2D eigenvalue weighted by atomic mass is 10.1. The van der Waals surface area contributed by atoms with Gasteiger partial charge in [0.25, 0.3) is 5.56 Å². The van der Waals surface area contributed by atoms with Gasteiger partial charge in [0, 0.05) is 5.39 Å². The maximum Gasteiger partial charge on any atom is 0.278 e. The van der Waals surface area contributed by atoms with Crippen LogP contribution in [0.2, 0.25) is 0 Å². The molecule has 1 aromatic carbocycles. The Morgan fingerprint density at radius 3 is 2.71 bits per heavy atom. The van der Waals surface area contributed by atoms with Gasteiger partial charge >= 0.3 is 0 Å². The Hall–Kier alpha value is -3.09. The smallest absolute Gasteiger partial charge is 0.278 e. The van der Waals surface area contributed by atoms with Crippen molar-refractivity contribution >= 4 is 33.8 Å². The Balaban J connectivity index is 2.38. The van der Waals surface area contributed by atoms with Gasteiger partial charge in [-0.3, -0.25) is 14.4 Å². The first-order valence-corrected chi connectivity index (χ1v) is 6.16. The van der Waals surface area contributed by atoms with Gasteiger partial charge in [-0.25, -0.2) is 0 Å². The second-order valence-corrected chi connectivity index (χ2v) is 4.55. The number of aromatic nitrogens is 4. The first-order chi connectivity index (χ1) is 10.1. The van der Waals surface area contributed by atoms with E-state index < -0.39 is 5.56 Å². The summed E-state index contributed by atoms with van der Waals surface area (Å²) in [6.45, 7) is 1.44. The van der Waals surface area contributed by atoms with E-state index >= 15 is 0 Å². The third-order valence-electron chi connectivity index (χ3n) is 3.03. The van der Waals surface area contributed by atoms with E-state index in [4.69, 9.17) is 0 Å². The highest BCUT2D eigenvalue weighted by molar-refractivity contribution is 5.93. The number of nitrogens with zero attached hydrogens (tertiary/aromatic N) is 2. The lowest BCUT2D eigenvalue weighted by Crippen LogP contribution is -2.02. The summed E-state index contributed by atoms with van der Waals surface area (Å²) < 4.78 is 0. The molecule has 2 heterocycles. The van der Waals surface area contributed by atoms with Crippen LogP contribution in [-0.2, 0) is 4.79 Å². The molecule has 104 valence electrons. The highest BCUT2D eigenvalue weighted by Crippen LogP contribution is 2.12. The van der Waals surface area contributed by atoms with Gasteiger partial charge in [0.05, 0.1) is 5.52 Å². The fraction of sp³-hybridized carbons (Fsp3) is 0.0714. The minimum Gasteiger partial charge on any atom is -0.320 e. The van der Waals surface area contributed by atoms with Gasteiger partial charge < -0.3 is 4.98 Å². The van der Waals surface area contributed by atoms with Crippen molar-refractivity contribution in [1.82, 2.24) is 20.4 Å². The minimum absolute atomic E-state index is 0.00159. The summed E-state index contributed by atoms with van der Waals surface area (Å²) >= 11 is 0. The van der Waals surface area contributed by atoms with Crippen LogP contribution in [0.1, 0.15) is 12.5 Å². The maximum absolute atomic E-state index is 12.3. The Kier molecular flexibility index (Phi) is 2.94. The van der Waals surface area contributed by atoms with Gasteiger partial charge in [-0.2, -0.15) is 15.4 Å². The van der Waals surface area contributed by atoms with Crippen LogP contribution in [-0.4, -0.2) is 26.2 Å². The molecule has 0 bridgehead atoms. The van der Waals surface area contributed by atoms with E-state index in [1.54, 1.807) is 24.3 Å². The van der Waals surface area contributed by atoms with Crippen molar-refractivity contribution < 1.29 is 4.79 Å². The molecule has 0 saturated heterocycles. The minimum atomic E-state index is -0.501. The van der Waals surface area contributed by atoms with Crippen LogP contribution >= 0.6 is 0 Å². The van der Waals surface area contributed by atoms with E-state index in [1.807, 2.05) is 0 Å². The van der Waals surface area contributed by atoms with Crippen LogP contribution in [0.25, 0.3) is 28.0 Å². The highest BCUT2D eigenvalue weighted by atomic mass is 16.1. The number of carbonyl (C=O) groups is 1. The quantitative estimate of drug-likeness (QED) is 0.674. The topological polar surface area (TPSA) is 109 Å². The van der Waals surface area contributed by atoms with Crippen LogP contribution in [0.5, 0.6) is 0 Å². The number of hydrogen-bond acceptors (Lipinski definition) is 5. The molecule has 0 aliphatic carbocycles. The predicted octanol–water partition coefficient (Wildman–Crippen LogP) is 0.762. The van der Waals surface area contributed by atoms with Gasteiger partial charge in [-0.05, 0) is 30.7 Å². The summed E-state index contributed by atoms with van der Waals surface area (Å²) in [4.78, 5) is 37.9. The fourth-order valence-corrected chi connectivity index (χ4v) is 2.04. The zero-order valence-electron chi connectivity index (χ0n) is 11.0. The molecule has 0 spiro atoms. The largest absolute Gasteiger partial charge is 0.320 e. The van der Waals surface area contributed by atoms with E-state index in [2.05, 4.69) is 20.4 Å². The summed E-state index contributed by atoms with van der Waals surface area (Å²) in [5.74, 6) is -0.0885. The van der Waals surface area contributed by atoms with E-state index in [0.29, 0.717) is 16.5 Å². The molecule has 2 aromatic heterocycles. The first-order valence-electron chi connectivity index (χ1n) is 6.16. The second-order valence-electron chi connectivity index (χ2n) is 4.55. The lowest BCUT2D eigenvalue weighted by Gasteiger charge is -1.95. The summed E-state index contributed by atoms with van der Waals surface area (Å²) in [5, 5.41) is 10.0. The van der Waals surface area contributed by atoms with Gasteiger partial charge in [-0.15, -0.1) is 0 Å². The molecule has 0 unspecified atom stereocenters. The number of benzene rings is 1. The molecule has 0 aliphatic rings. The predicted molar refractivity (Wildman–Crippen MR) is 78.0 cm³/mol. The molecule has 7 nitrogen and oxygen atoms in total. The lowest BCUT2D eigenvalue weighted by molar-refractivity contribution is -0.112. The third kappa shape index (κ3) is 2.25. The van der Waals surface area contributed by atoms with Crippen LogP contribution in [0.15, 0.2) is 33.9 Å². The number of nitrogens with one attached hydrogen (secondary N) is 2. The summed E-state index contributed by atoms with van der Waals surface area (Å²) in [6, 6.07) is 4.90. The van der Waals surface area contributed by atoms with E-state index in [1.165, 1.54) is 13.0 Å². The number of allylic oxidation sites excluding steroid dienone is 1. The van der Waals surface area contributed by atoms with Gasteiger partial charge in [0.15, 0.2) is 16.8 Å². The van der Waals surface area contributed by atoms with Gasteiger partial charge in [0.2, 0.25) is 5.43 Å². The molecular weight excluding hydrogens is 272 g/mol. The molecule has 0 saturated carbocycles. The molecule has 7 heteroatoms. The zero-order chi connectivity index (χ0) is 15.0. The molecule has 3 rings (SSSR count). The van der Waals surface area contributed by atoms with Crippen molar-refractivity contribution in [3.63, 3.8) is 0 Å². The number of ketones is 1. The Morgan fingerprint density at radius 1 is 1.19 bits per heavy atom. The molecular formula is C14H10N4O3. The summed E-state index contributed by atoms with van der Waals surface area (Å²) in [5.41, 5.74) is 0.157. The molecule has 0 radical (unpaired) electrons. The highest BCUT2D eigenvalue weighted by Gasteiger charge is 2.09. The number of hydrogen-bond donors (Lipinski definition) is 2. The van der Waals surface area contributed by atoms with Crippen molar-refractivity contribution in [2.24, 2.45) is 0 Å². The van der Waals surface area contributed by atoms with Crippen molar-refractivity contribution in [1.29, 1.82) is 0 Å². The first kappa shape index (κ1) is 12.9. The average Bonchev–Trinajstić information content (AvgIpc) is 2.90. The zero-order valence-corrected chi connectivity index (χ0v) is 11.0. The number of carbonyl (C=O) groups excluding carboxylic acids is 1. The van der Waals surface area contributed by atoms with Gasteiger partial charge in [0.1, 0.15) is 0 Å². The number of rotatable bonds is 2. The molecule has 2 N–H and O–H groups in total. The summed E-state index contributed by atoms with van der Waals surface area (Å²) in [7, 11) is 0. The molecule has 0 fully saturated rings. The molecule has 0 aliphatic heterocycles. The Bertz CT molecular complexity index is 1010. The number of aromatic amines is 2. The molecule has 0 amide bonds. The van der Waals surface area contributed by atoms with Crippen LogP contribution in [0, 0.1) is 0 Å². The van der Waals surface area contributed by atoms with Crippen molar-refractivity contribution in [3.05, 3.63) is 50.4 Å². The molecule has 3 aromatic rings. The molecule has 21 heavy (non-hydrogen) atoms. The van der Waals surface area contributed by atoms with Crippen LogP contribution in [0.4, 0.5) is 0 Å².